The Morgan fingerprint density at radius 2 is 1.81 bits per heavy atom. The molecular weight excluding hydrogens is 354 g/mol. The third kappa shape index (κ3) is 4.29. The number of hydrogen-bond acceptors (Lipinski definition) is 4. The molecule has 2 aromatic carbocycles. The molecule has 0 spiro atoms. The van der Waals surface area contributed by atoms with Crippen LogP contribution in [0.15, 0.2) is 48.5 Å². The number of halogens is 1. The molecule has 0 bridgehead atoms. The summed E-state index contributed by atoms with van der Waals surface area (Å²) >= 11 is 6.01. The smallest absolute Gasteiger partial charge is 0.309 e. The number of amides is 1. The van der Waals surface area contributed by atoms with E-state index in [0.717, 1.165) is 19.3 Å². The zero-order chi connectivity index (χ0) is 18.5. The first kappa shape index (κ1) is 18.1. The highest BCUT2D eigenvalue weighted by Crippen LogP contribution is 2.27. The number of hydrogen-bond donors (Lipinski definition) is 1. The van der Waals surface area contributed by atoms with Gasteiger partial charge < -0.3 is 10.1 Å². The van der Waals surface area contributed by atoms with Crippen molar-refractivity contribution in [2.45, 2.75) is 19.3 Å². The Morgan fingerprint density at radius 3 is 2.46 bits per heavy atom. The van der Waals surface area contributed by atoms with Crippen molar-refractivity contribution < 1.29 is 19.1 Å². The highest BCUT2D eigenvalue weighted by Gasteiger charge is 2.27. The normalized spacial score (nSPS) is 13.6. The lowest BCUT2D eigenvalue weighted by Crippen LogP contribution is -2.28. The van der Waals surface area contributed by atoms with Gasteiger partial charge in [-0.3, -0.25) is 14.4 Å². The molecular formula is C20H18ClNO4. The Kier molecular flexibility index (Phi) is 5.68. The molecule has 0 radical (unpaired) electrons. The minimum Gasteiger partial charge on any atom is -0.455 e. The highest BCUT2D eigenvalue weighted by molar-refractivity contribution is 6.31. The molecule has 1 amide bonds. The van der Waals surface area contributed by atoms with E-state index < -0.39 is 5.91 Å². The summed E-state index contributed by atoms with van der Waals surface area (Å²) in [6.45, 7) is -0.378. The van der Waals surface area contributed by atoms with Crippen LogP contribution in [0.3, 0.4) is 0 Å². The number of rotatable bonds is 6. The van der Waals surface area contributed by atoms with Crippen molar-refractivity contribution in [3.05, 3.63) is 64.7 Å². The third-order valence-electron chi connectivity index (χ3n) is 4.32. The van der Waals surface area contributed by atoms with Gasteiger partial charge in [0.25, 0.3) is 5.91 Å². The first-order valence-corrected chi connectivity index (χ1v) is 8.78. The second-order valence-electron chi connectivity index (χ2n) is 6.17. The molecule has 5 nitrogen and oxygen atoms in total. The number of carbonyl (C=O) groups excluding carboxylic acids is 3. The van der Waals surface area contributed by atoms with Crippen LogP contribution >= 0.6 is 11.6 Å². The van der Waals surface area contributed by atoms with Crippen molar-refractivity contribution in [3.8, 4) is 0 Å². The monoisotopic (exact) mass is 371 g/mol. The fraction of sp³-hybridized carbons (Fsp3) is 0.250. The Labute approximate surface area is 156 Å². The van der Waals surface area contributed by atoms with Gasteiger partial charge in [-0.15, -0.1) is 0 Å². The van der Waals surface area contributed by atoms with E-state index in [-0.39, 0.29) is 29.8 Å². The molecule has 0 atom stereocenters. The predicted molar refractivity (Wildman–Crippen MR) is 98.3 cm³/mol. The lowest BCUT2D eigenvalue weighted by atomic mass is 9.86. The summed E-state index contributed by atoms with van der Waals surface area (Å²) in [7, 11) is 0. The first-order valence-electron chi connectivity index (χ1n) is 8.40. The molecule has 3 rings (SSSR count). The number of nitrogens with one attached hydrogen (secondary N) is 1. The fourth-order valence-corrected chi connectivity index (χ4v) is 2.82. The Hall–Kier alpha value is -2.66. The fourth-order valence-electron chi connectivity index (χ4n) is 2.64. The van der Waals surface area contributed by atoms with Crippen LogP contribution in [-0.4, -0.2) is 24.3 Å². The van der Waals surface area contributed by atoms with Crippen molar-refractivity contribution >= 4 is 34.9 Å². The van der Waals surface area contributed by atoms with E-state index in [0.29, 0.717) is 16.3 Å². The second-order valence-corrected chi connectivity index (χ2v) is 6.61. The molecule has 2 aromatic rings. The highest BCUT2D eigenvalue weighted by atomic mass is 35.5. The van der Waals surface area contributed by atoms with Gasteiger partial charge in [0.05, 0.1) is 11.6 Å². The Morgan fingerprint density at radius 1 is 1.08 bits per heavy atom. The molecule has 1 N–H and O–H groups in total. The molecule has 0 unspecified atom stereocenters. The van der Waals surface area contributed by atoms with Crippen molar-refractivity contribution in [2.75, 3.05) is 11.9 Å². The van der Waals surface area contributed by atoms with Crippen molar-refractivity contribution in [2.24, 2.45) is 5.92 Å². The number of carbonyl (C=O) groups is 3. The molecule has 1 saturated carbocycles. The van der Waals surface area contributed by atoms with Crippen molar-refractivity contribution in [1.82, 2.24) is 0 Å². The van der Waals surface area contributed by atoms with Crippen LogP contribution in [0.5, 0.6) is 0 Å². The third-order valence-corrected chi connectivity index (χ3v) is 4.56. The summed E-state index contributed by atoms with van der Waals surface area (Å²) in [5.74, 6) is -1.19. The lowest BCUT2D eigenvalue weighted by molar-refractivity contribution is -0.154. The zero-order valence-electron chi connectivity index (χ0n) is 14.0. The summed E-state index contributed by atoms with van der Waals surface area (Å²) in [6.07, 6.45) is 2.64. The van der Waals surface area contributed by atoms with Gasteiger partial charge in [-0.1, -0.05) is 48.4 Å². The van der Waals surface area contributed by atoms with Gasteiger partial charge in [0, 0.05) is 16.1 Å². The Bertz CT molecular complexity index is 831. The molecule has 134 valence electrons. The SMILES string of the molecule is O=C(COC(=O)C1CCC1)Nc1ccc(Cl)cc1C(=O)c1ccccc1. The molecule has 26 heavy (non-hydrogen) atoms. The van der Waals surface area contributed by atoms with Gasteiger partial charge in [-0.05, 0) is 31.0 Å². The predicted octanol–water partition coefficient (Wildman–Crippen LogP) is 3.85. The molecule has 1 fully saturated rings. The maximum absolute atomic E-state index is 12.7. The minimum atomic E-state index is -0.498. The van der Waals surface area contributed by atoms with E-state index in [2.05, 4.69) is 5.32 Å². The zero-order valence-corrected chi connectivity index (χ0v) is 14.8. The van der Waals surface area contributed by atoms with Crippen LogP contribution in [0.4, 0.5) is 5.69 Å². The van der Waals surface area contributed by atoms with E-state index >= 15 is 0 Å². The Balaban J connectivity index is 1.70. The standard InChI is InChI=1S/C20H18ClNO4/c21-15-9-10-17(16(11-15)19(24)13-5-2-1-3-6-13)22-18(23)12-26-20(25)14-7-4-8-14/h1-3,5-6,9-11,14H,4,7-8,12H2,(H,22,23). The van der Waals surface area contributed by atoms with Crippen LogP contribution in [0.1, 0.15) is 35.2 Å². The average Bonchev–Trinajstić information content (AvgIpc) is 2.60. The number of benzene rings is 2. The van der Waals surface area contributed by atoms with Gasteiger partial charge in [-0.2, -0.15) is 0 Å². The summed E-state index contributed by atoms with van der Waals surface area (Å²) in [4.78, 5) is 36.5. The van der Waals surface area contributed by atoms with Gasteiger partial charge in [0.1, 0.15) is 0 Å². The maximum Gasteiger partial charge on any atom is 0.309 e. The van der Waals surface area contributed by atoms with E-state index in [9.17, 15) is 14.4 Å². The van der Waals surface area contributed by atoms with Gasteiger partial charge in [-0.25, -0.2) is 0 Å². The van der Waals surface area contributed by atoms with Crippen molar-refractivity contribution in [1.29, 1.82) is 0 Å². The molecule has 0 saturated heterocycles. The average molecular weight is 372 g/mol. The van der Waals surface area contributed by atoms with E-state index in [1.165, 1.54) is 6.07 Å². The lowest BCUT2D eigenvalue weighted by Gasteiger charge is -2.22. The number of ether oxygens (including phenoxy) is 1. The van der Waals surface area contributed by atoms with Crippen LogP contribution in [0.2, 0.25) is 5.02 Å². The molecule has 0 aromatic heterocycles. The summed E-state index contributed by atoms with van der Waals surface area (Å²) in [6, 6.07) is 13.4. The van der Waals surface area contributed by atoms with Crippen LogP contribution in [-0.2, 0) is 14.3 Å². The first-order chi connectivity index (χ1) is 12.5. The number of anilines is 1. The van der Waals surface area contributed by atoms with Crippen LogP contribution < -0.4 is 5.32 Å². The van der Waals surface area contributed by atoms with Gasteiger partial charge >= 0.3 is 5.97 Å². The molecule has 6 heteroatoms. The summed E-state index contributed by atoms with van der Waals surface area (Å²) in [5.41, 5.74) is 1.09. The number of esters is 1. The summed E-state index contributed by atoms with van der Waals surface area (Å²) < 4.78 is 5.03. The topological polar surface area (TPSA) is 72.5 Å². The van der Waals surface area contributed by atoms with Crippen molar-refractivity contribution in [3.63, 3.8) is 0 Å². The second kappa shape index (κ2) is 8.15. The van der Waals surface area contributed by atoms with Crippen LogP contribution in [0.25, 0.3) is 0 Å². The maximum atomic E-state index is 12.7. The van der Waals surface area contributed by atoms with Gasteiger partial charge in [0.15, 0.2) is 12.4 Å². The summed E-state index contributed by atoms with van der Waals surface area (Å²) in [5, 5.41) is 3.01. The van der Waals surface area contributed by atoms with E-state index in [1.54, 1.807) is 36.4 Å². The quantitative estimate of drug-likeness (QED) is 0.618. The van der Waals surface area contributed by atoms with E-state index in [4.69, 9.17) is 16.3 Å². The largest absolute Gasteiger partial charge is 0.455 e. The van der Waals surface area contributed by atoms with E-state index in [1.807, 2.05) is 6.07 Å². The van der Waals surface area contributed by atoms with Gasteiger partial charge in [0.2, 0.25) is 0 Å². The molecule has 1 aliphatic rings. The molecule has 0 heterocycles. The number of ketones is 1. The van der Waals surface area contributed by atoms with Crippen LogP contribution in [0, 0.1) is 5.92 Å². The molecule has 1 aliphatic carbocycles. The molecule has 0 aliphatic heterocycles. The minimum absolute atomic E-state index is 0.0893.